The molecule has 6 nitrogen and oxygen atoms in total. The molecule has 0 radical (unpaired) electrons. The number of unbranched alkanes of at least 4 members (excludes halogenated alkanes) is 11. The molecule has 1 heterocycles. The van der Waals surface area contributed by atoms with E-state index in [2.05, 4.69) is 11.5 Å². The number of fused-ring (bicyclic) bond motifs is 1. The van der Waals surface area contributed by atoms with E-state index >= 15 is 0 Å². The predicted octanol–water partition coefficient (Wildman–Crippen LogP) is 8.40. The van der Waals surface area contributed by atoms with Gasteiger partial charge in [-0.2, -0.15) is 0 Å². The van der Waals surface area contributed by atoms with E-state index in [0.29, 0.717) is 28.4 Å². The molecule has 214 valence electrons. The van der Waals surface area contributed by atoms with Gasteiger partial charge in [0.1, 0.15) is 5.75 Å². The van der Waals surface area contributed by atoms with Crippen LogP contribution in [-0.4, -0.2) is 33.0 Å². The lowest BCUT2D eigenvalue weighted by molar-refractivity contribution is 0.355. The van der Waals surface area contributed by atoms with Crippen LogP contribution >= 0.6 is 0 Å². The lowest BCUT2D eigenvalue weighted by atomic mass is 10.0. The highest BCUT2D eigenvalue weighted by Crippen LogP contribution is 2.37. The lowest BCUT2D eigenvalue weighted by Gasteiger charge is -2.21. The maximum Gasteiger partial charge on any atom is 0.231 e. The second-order valence-corrected chi connectivity index (χ2v) is 10.2. The summed E-state index contributed by atoms with van der Waals surface area (Å²) in [7, 11) is 6.44. The highest BCUT2D eigenvalue weighted by atomic mass is 16.5. The van der Waals surface area contributed by atoms with Gasteiger partial charge in [-0.1, -0.05) is 77.6 Å². The van der Waals surface area contributed by atoms with Crippen molar-refractivity contribution in [2.24, 2.45) is 0 Å². The Morgan fingerprint density at radius 2 is 1.26 bits per heavy atom. The van der Waals surface area contributed by atoms with Gasteiger partial charge in [0, 0.05) is 23.6 Å². The summed E-state index contributed by atoms with van der Waals surface area (Å²) in [6.07, 6.45) is 15.5. The zero-order valence-electron chi connectivity index (χ0n) is 24.6. The molecule has 1 aromatic heterocycles. The summed E-state index contributed by atoms with van der Waals surface area (Å²) in [5.74, 6) is 2.29. The first-order valence-electron chi connectivity index (χ1n) is 14.6. The molecule has 3 aromatic rings. The minimum absolute atomic E-state index is 0.133. The molecule has 0 saturated heterocycles. The Balaban J connectivity index is 1.81. The summed E-state index contributed by atoms with van der Waals surface area (Å²) >= 11 is 0. The Labute approximate surface area is 234 Å². The molecule has 0 N–H and O–H groups in total. The summed E-state index contributed by atoms with van der Waals surface area (Å²) in [6.45, 7) is 3.03. The van der Waals surface area contributed by atoms with Crippen molar-refractivity contribution in [3.63, 3.8) is 0 Å². The highest BCUT2D eigenvalue weighted by molar-refractivity contribution is 5.87. The van der Waals surface area contributed by atoms with Gasteiger partial charge < -0.3 is 23.5 Å². The van der Waals surface area contributed by atoms with Crippen molar-refractivity contribution in [3.8, 4) is 34.3 Å². The van der Waals surface area contributed by atoms with Crippen molar-refractivity contribution >= 4 is 10.9 Å². The van der Waals surface area contributed by atoms with Crippen molar-refractivity contribution in [3.05, 3.63) is 46.6 Å². The van der Waals surface area contributed by atoms with E-state index in [-0.39, 0.29) is 5.43 Å². The number of rotatable bonds is 18. The molecular weight excluding hydrogens is 490 g/mol. The first kappa shape index (κ1) is 30.4. The third-order valence-electron chi connectivity index (χ3n) is 7.53. The number of benzene rings is 2. The molecule has 0 aliphatic carbocycles. The Morgan fingerprint density at radius 3 is 1.82 bits per heavy atom. The maximum absolute atomic E-state index is 13.5. The lowest BCUT2D eigenvalue weighted by Crippen LogP contribution is -2.16. The van der Waals surface area contributed by atoms with E-state index in [1.165, 1.54) is 64.2 Å². The van der Waals surface area contributed by atoms with Crippen LogP contribution in [0.25, 0.3) is 22.2 Å². The van der Waals surface area contributed by atoms with E-state index in [4.69, 9.17) is 18.9 Å². The van der Waals surface area contributed by atoms with Crippen LogP contribution in [0.5, 0.6) is 23.0 Å². The second-order valence-electron chi connectivity index (χ2n) is 10.2. The van der Waals surface area contributed by atoms with Gasteiger partial charge in [0.25, 0.3) is 0 Å². The van der Waals surface area contributed by atoms with E-state index < -0.39 is 0 Å². The first-order chi connectivity index (χ1) is 19.1. The number of aryl methyl sites for hydroxylation is 1. The Bertz CT molecular complexity index is 1230. The average Bonchev–Trinajstić information content (AvgIpc) is 2.97. The molecule has 0 atom stereocenters. The van der Waals surface area contributed by atoms with Gasteiger partial charge in [-0.25, -0.2) is 0 Å². The number of pyridine rings is 1. The minimum atomic E-state index is -0.133. The SMILES string of the molecule is CCCCCCCCCCCCCCn1c(-c2ccc(OC)c(OC)c2)c(OC)c(=O)c2ccc(OC)cc21. The number of hydrogen-bond acceptors (Lipinski definition) is 5. The Kier molecular flexibility index (Phi) is 12.5. The van der Waals surface area contributed by atoms with Crippen LogP contribution in [0.1, 0.15) is 84.0 Å². The van der Waals surface area contributed by atoms with E-state index in [0.717, 1.165) is 36.2 Å². The van der Waals surface area contributed by atoms with Crippen molar-refractivity contribution in [2.45, 2.75) is 90.5 Å². The minimum Gasteiger partial charge on any atom is -0.497 e. The van der Waals surface area contributed by atoms with Gasteiger partial charge in [0.2, 0.25) is 5.43 Å². The molecule has 0 spiro atoms. The zero-order valence-corrected chi connectivity index (χ0v) is 24.6. The van der Waals surface area contributed by atoms with E-state index in [1.54, 1.807) is 28.4 Å². The molecule has 2 aromatic carbocycles. The fraction of sp³-hybridized carbons (Fsp3) is 0.545. The van der Waals surface area contributed by atoms with Crippen LogP contribution in [0.3, 0.4) is 0 Å². The largest absolute Gasteiger partial charge is 0.497 e. The molecule has 0 saturated carbocycles. The summed E-state index contributed by atoms with van der Waals surface area (Å²) in [5, 5.41) is 0.621. The molecule has 0 fully saturated rings. The van der Waals surface area contributed by atoms with Gasteiger partial charge in [-0.05, 0) is 36.8 Å². The normalized spacial score (nSPS) is 11.1. The molecule has 6 heteroatoms. The molecule has 0 aliphatic rings. The monoisotopic (exact) mass is 537 g/mol. The fourth-order valence-corrected chi connectivity index (χ4v) is 5.33. The van der Waals surface area contributed by atoms with E-state index in [9.17, 15) is 4.79 Å². The van der Waals surface area contributed by atoms with Crippen LogP contribution in [0, 0.1) is 0 Å². The zero-order chi connectivity index (χ0) is 28.0. The fourth-order valence-electron chi connectivity index (χ4n) is 5.33. The van der Waals surface area contributed by atoms with Crippen LogP contribution in [0.2, 0.25) is 0 Å². The number of ether oxygens (including phenoxy) is 4. The Morgan fingerprint density at radius 1 is 0.641 bits per heavy atom. The van der Waals surface area contributed by atoms with Crippen LogP contribution in [0.15, 0.2) is 41.2 Å². The molecule has 0 amide bonds. The molecule has 39 heavy (non-hydrogen) atoms. The van der Waals surface area contributed by atoms with Crippen molar-refractivity contribution < 1.29 is 18.9 Å². The third kappa shape index (κ3) is 7.93. The highest BCUT2D eigenvalue weighted by Gasteiger charge is 2.21. The van der Waals surface area contributed by atoms with Gasteiger partial charge in [-0.15, -0.1) is 0 Å². The van der Waals surface area contributed by atoms with Gasteiger partial charge in [-0.3, -0.25) is 4.79 Å². The number of nitrogens with zero attached hydrogens (tertiary/aromatic N) is 1. The predicted molar refractivity (Wildman–Crippen MR) is 161 cm³/mol. The topological polar surface area (TPSA) is 58.9 Å². The van der Waals surface area contributed by atoms with E-state index in [1.807, 2.05) is 36.4 Å². The van der Waals surface area contributed by atoms with Crippen LogP contribution in [-0.2, 0) is 6.54 Å². The maximum atomic E-state index is 13.5. The third-order valence-corrected chi connectivity index (χ3v) is 7.53. The molecule has 0 unspecified atom stereocenters. The van der Waals surface area contributed by atoms with Crippen LogP contribution < -0.4 is 24.4 Å². The van der Waals surface area contributed by atoms with Gasteiger partial charge >= 0.3 is 0 Å². The number of methoxy groups -OCH3 is 4. The quantitative estimate of drug-likeness (QED) is 0.152. The smallest absolute Gasteiger partial charge is 0.231 e. The molecule has 0 aliphatic heterocycles. The summed E-state index contributed by atoms with van der Waals surface area (Å²) in [6, 6.07) is 11.3. The Hall–Kier alpha value is -3.15. The second kappa shape index (κ2) is 16.1. The van der Waals surface area contributed by atoms with Crippen LogP contribution in [0.4, 0.5) is 0 Å². The average molecular weight is 538 g/mol. The van der Waals surface area contributed by atoms with Crippen molar-refractivity contribution in [1.82, 2.24) is 4.57 Å². The van der Waals surface area contributed by atoms with Crippen molar-refractivity contribution in [1.29, 1.82) is 0 Å². The molecular formula is C33H47NO5. The number of hydrogen-bond donors (Lipinski definition) is 0. The van der Waals surface area contributed by atoms with Gasteiger partial charge in [0.05, 0.1) is 39.6 Å². The van der Waals surface area contributed by atoms with Crippen molar-refractivity contribution in [2.75, 3.05) is 28.4 Å². The summed E-state index contributed by atoms with van der Waals surface area (Å²) < 4.78 is 24.5. The first-order valence-corrected chi connectivity index (χ1v) is 14.6. The summed E-state index contributed by atoms with van der Waals surface area (Å²) in [4.78, 5) is 13.5. The van der Waals surface area contributed by atoms with Gasteiger partial charge in [0.15, 0.2) is 17.2 Å². The molecule has 3 rings (SSSR count). The standard InChI is InChI=1S/C33H47NO5/c1-6-7-8-9-10-11-12-13-14-15-16-17-22-34-28-24-26(36-2)19-20-27(28)32(35)33(39-5)31(34)25-18-21-29(37-3)30(23-25)38-4/h18-21,23-24H,6-17,22H2,1-5H3. The number of aromatic nitrogens is 1. The summed E-state index contributed by atoms with van der Waals surface area (Å²) in [5.41, 5.74) is 2.29. The molecule has 0 bridgehead atoms.